The molecule has 0 aliphatic carbocycles. The molecule has 6 rings (SSSR count). The van der Waals surface area contributed by atoms with Gasteiger partial charge in [-0.2, -0.15) is 0 Å². The average molecular weight is 486 g/mol. The van der Waals surface area contributed by atoms with Crippen LogP contribution in [0.3, 0.4) is 0 Å². The lowest BCUT2D eigenvalue weighted by atomic mass is 9.99. The lowest BCUT2D eigenvalue weighted by Gasteiger charge is -2.22. The molecule has 1 fully saturated rings. The van der Waals surface area contributed by atoms with Gasteiger partial charge in [0, 0.05) is 44.3 Å². The Bertz CT molecular complexity index is 1540. The molecule has 36 heavy (non-hydrogen) atoms. The molecule has 2 aromatic heterocycles. The number of nitrogens with one attached hydrogen (secondary N) is 1. The van der Waals surface area contributed by atoms with Crippen molar-refractivity contribution in [2.45, 2.75) is 45.3 Å². The Labute approximate surface area is 209 Å². The highest BCUT2D eigenvalue weighted by Gasteiger charge is 2.28. The fourth-order valence-corrected chi connectivity index (χ4v) is 5.71. The number of aromatic nitrogens is 3. The van der Waals surface area contributed by atoms with Gasteiger partial charge in [-0.1, -0.05) is 18.2 Å². The Hall–Kier alpha value is -3.49. The largest absolute Gasteiger partial charge is 0.381 e. The molecule has 0 saturated carbocycles. The first kappa shape index (κ1) is 22.9. The van der Waals surface area contributed by atoms with Gasteiger partial charge in [0.15, 0.2) is 0 Å². The van der Waals surface area contributed by atoms with Crippen LogP contribution < -0.4 is 5.56 Å². The molecule has 0 radical (unpaired) electrons. The molecule has 0 spiro atoms. The quantitative estimate of drug-likeness (QED) is 0.478. The summed E-state index contributed by atoms with van der Waals surface area (Å²) >= 11 is 0. The third-order valence-corrected chi connectivity index (χ3v) is 7.52. The van der Waals surface area contributed by atoms with E-state index in [4.69, 9.17) is 4.74 Å². The van der Waals surface area contributed by atoms with Crippen LogP contribution in [0.25, 0.3) is 16.6 Å². The van der Waals surface area contributed by atoms with E-state index >= 15 is 0 Å². The Kier molecular flexibility index (Phi) is 5.65. The molecule has 2 aliphatic heterocycles. The van der Waals surface area contributed by atoms with Crippen molar-refractivity contribution in [3.63, 3.8) is 0 Å². The number of imidazole rings is 1. The zero-order chi connectivity index (χ0) is 25.0. The Morgan fingerprint density at radius 3 is 2.75 bits per heavy atom. The molecule has 8 heteroatoms. The molecular formula is C28H31N5O3. The third kappa shape index (κ3) is 3.81. The predicted octanol–water partition coefficient (Wildman–Crippen LogP) is 3.60. The molecule has 4 heterocycles. The second-order valence-electron chi connectivity index (χ2n) is 10.3. The van der Waals surface area contributed by atoms with Crippen molar-refractivity contribution in [1.29, 1.82) is 0 Å². The number of amides is 1. The van der Waals surface area contributed by atoms with Crippen LogP contribution in [-0.2, 0) is 24.4 Å². The maximum Gasteiger partial charge on any atom is 0.274 e. The number of nitrogens with zero attached hydrogens (tertiary/aromatic N) is 4. The number of carbonyl (C=O) groups is 1. The van der Waals surface area contributed by atoms with Gasteiger partial charge in [0.05, 0.1) is 17.2 Å². The van der Waals surface area contributed by atoms with E-state index in [1.807, 2.05) is 28.4 Å². The van der Waals surface area contributed by atoms with Gasteiger partial charge in [0.1, 0.15) is 11.3 Å². The summed E-state index contributed by atoms with van der Waals surface area (Å²) < 4.78 is 7.51. The number of hydrogen-bond donors (Lipinski definition) is 1. The number of hydrogen-bond acceptors (Lipinski definition) is 5. The topological polar surface area (TPSA) is 82.9 Å². The van der Waals surface area contributed by atoms with E-state index in [0.29, 0.717) is 42.9 Å². The van der Waals surface area contributed by atoms with E-state index < -0.39 is 0 Å². The molecule has 2 aliphatic rings. The van der Waals surface area contributed by atoms with Gasteiger partial charge >= 0.3 is 0 Å². The van der Waals surface area contributed by atoms with Crippen LogP contribution in [-0.4, -0.2) is 57.4 Å². The molecule has 0 bridgehead atoms. The lowest BCUT2D eigenvalue weighted by Crippen LogP contribution is -2.26. The summed E-state index contributed by atoms with van der Waals surface area (Å²) in [6, 6.07) is 10.2. The van der Waals surface area contributed by atoms with Gasteiger partial charge in [-0.25, -0.2) is 4.98 Å². The van der Waals surface area contributed by atoms with Crippen LogP contribution in [0, 0.1) is 6.92 Å². The van der Waals surface area contributed by atoms with E-state index in [1.54, 1.807) is 6.20 Å². The first-order valence-corrected chi connectivity index (χ1v) is 12.6. The van der Waals surface area contributed by atoms with Crippen molar-refractivity contribution in [2.24, 2.45) is 0 Å². The summed E-state index contributed by atoms with van der Waals surface area (Å²) in [4.78, 5) is 38.3. The number of benzene rings is 2. The number of H-pyrrole nitrogens is 1. The highest BCUT2D eigenvalue weighted by atomic mass is 16.5. The third-order valence-electron chi connectivity index (χ3n) is 7.52. The minimum absolute atomic E-state index is 0.0161. The van der Waals surface area contributed by atoms with Gasteiger partial charge < -0.3 is 19.5 Å². The lowest BCUT2D eigenvalue weighted by molar-refractivity contribution is 0.0750. The van der Waals surface area contributed by atoms with Crippen LogP contribution in [0.15, 0.2) is 41.3 Å². The molecule has 0 unspecified atom stereocenters. The fourth-order valence-electron chi connectivity index (χ4n) is 5.71. The fraction of sp³-hybridized carbons (Fsp3) is 0.393. The van der Waals surface area contributed by atoms with Crippen molar-refractivity contribution < 1.29 is 9.53 Å². The molecule has 1 saturated heterocycles. The number of aryl methyl sites for hydroxylation is 1. The highest BCUT2D eigenvalue weighted by Crippen LogP contribution is 2.31. The predicted molar refractivity (Wildman–Crippen MR) is 138 cm³/mol. The van der Waals surface area contributed by atoms with E-state index in [-0.39, 0.29) is 17.4 Å². The summed E-state index contributed by atoms with van der Waals surface area (Å²) in [5.74, 6) is 1.12. The maximum atomic E-state index is 13.7. The van der Waals surface area contributed by atoms with E-state index in [2.05, 4.69) is 47.2 Å². The molecule has 0 atom stereocenters. The summed E-state index contributed by atoms with van der Waals surface area (Å²) in [6.45, 7) is 5.41. The number of fused-ring (bicyclic) bond motifs is 4. The highest BCUT2D eigenvalue weighted by molar-refractivity contribution is 5.99. The SMILES string of the molecule is Cc1cc2c(cc1C(=O)N1Cc3cccc(CN(C)C)c3C1)[nH]c(=O)c1cnc(C3CCOCC3)n12. The Morgan fingerprint density at radius 1 is 1.17 bits per heavy atom. The van der Waals surface area contributed by atoms with E-state index in [1.165, 1.54) is 16.7 Å². The van der Waals surface area contributed by atoms with Crippen LogP contribution in [0.2, 0.25) is 0 Å². The summed E-state index contributed by atoms with van der Waals surface area (Å²) in [5.41, 5.74) is 7.07. The van der Waals surface area contributed by atoms with Crippen LogP contribution in [0.4, 0.5) is 0 Å². The van der Waals surface area contributed by atoms with Crippen molar-refractivity contribution in [3.8, 4) is 0 Å². The summed E-state index contributed by atoms with van der Waals surface area (Å²) in [5, 5.41) is 0. The minimum Gasteiger partial charge on any atom is -0.381 e. The Morgan fingerprint density at radius 2 is 1.97 bits per heavy atom. The van der Waals surface area contributed by atoms with Crippen LogP contribution >= 0.6 is 0 Å². The van der Waals surface area contributed by atoms with Crippen LogP contribution in [0.5, 0.6) is 0 Å². The van der Waals surface area contributed by atoms with E-state index in [9.17, 15) is 9.59 Å². The molecule has 4 aromatic rings. The minimum atomic E-state index is -0.197. The van der Waals surface area contributed by atoms with Gasteiger partial charge in [-0.3, -0.25) is 14.0 Å². The maximum absolute atomic E-state index is 13.7. The normalized spacial score (nSPS) is 16.4. The summed E-state index contributed by atoms with van der Waals surface area (Å²) in [6.07, 6.45) is 3.42. The molecule has 186 valence electrons. The molecule has 1 amide bonds. The average Bonchev–Trinajstić information content (AvgIpc) is 3.50. The number of carbonyl (C=O) groups excluding carboxylic acids is 1. The zero-order valence-corrected chi connectivity index (χ0v) is 21.0. The Balaban J connectivity index is 1.39. The zero-order valence-electron chi connectivity index (χ0n) is 21.0. The van der Waals surface area contributed by atoms with Gasteiger partial charge in [-0.05, 0) is 68.2 Å². The smallest absolute Gasteiger partial charge is 0.274 e. The van der Waals surface area contributed by atoms with Gasteiger partial charge in [-0.15, -0.1) is 0 Å². The van der Waals surface area contributed by atoms with Crippen molar-refractivity contribution >= 4 is 22.5 Å². The standard InChI is InChI=1S/C28H31N5O3/c1-17-11-24-23(30-27(34)25-13-29-26(33(24)25)18-7-9-36-10-8-18)12-21(17)28(35)32-15-20-6-4-5-19(14-31(2)3)22(20)16-32/h4-6,11-13,18H,7-10,14-16H2,1-3H3,(H,30,34). The van der Waals surface area contributed by atoms with Gasteiger partial charge in [0.25, 0.3) is 11.5 Å². The monoisotopic (exact) mass is 485 g/mol. The molecule has 8 nitrogen and oxygen atoms in total. The first-order valence-electron chi connectivity index (χ1n) is 12.6. The van der Waals surface area contributed by atoms with Crippen molar-refractivity contribution in [3.05, 3.63) is 80.5 Å². The number of aromatic amines is 1. The first-order chi connectivity index (χ1) is 17.4. The number of rotatable bonds is 4. The molecule has 2 aromatic carbocycles. The van der Waals surface area contributed by atoms with Gasteiger partial charge in [0.2, 0.25) is 0 Å². The number of ether oxygens (including phenoxy) is 1. The molecular weight excluding hydrogens is 454 g/mol. The molecule has 1 N–H and O–H groups in total. The second kappa shape index (κ2) is 8.87. The van der Waals surface area contributed by atoms with Crippen LogP contribution in [0.1, 0.15) is 57.2 Å². The second-order valence-corrected chi connectivity index (χ2v) is 10.3. The van der Waals surface area contributed by atoms with Crippen molar-refractivity contribution in [1.82, 2.24) is 24.2 Å². The van der Waals surface area contributed by atoms with Crippen molar-refractivity contribution in [2.75, 3.05) is 27.3 Å². The van der Waals surface area contributed by atoms with E-state index in [0.717, 1.165) is 36.3 Å². The summed E-state index contributed by atoms with van der Waals surface area (Å²) in [7, 11) is 4.11.